The van der Waals surface area contributed by atoms with Gasteiger partial charge in [-0.3, -0.25) is 9.59 Å². The quantitative estimate of drug-likeness (QED) is 0.649. The van der Waals surface area contributed by atoms with Crippen molar-refractivity contribution in [2.75, 3.05) is 5.32 Å². The summed E-state index contributed by atoms with van der Waals surface area (Å²) in [5, 5.41) is 13.6. The molecule has 7 heteroatoms. The number of hydrogen-bond donors (Lipinski definition) is 2. The first kappa shape index (κ1) is 18.2. The topological polar surface area (TPSA) is 82.9 Å². The third-order valence-corrected chi connectivity index (χ3v) is 4.65. The van der Waals surface area contributed by atoms with E-state index in [1.54, 1.807) is 12.1 Å². The maximum absolute atomic E-state index is 12.0. The van der Waals surface area contributed by atoms with E-state index in [1.165, 1.54) is 11.8 Å². The van der Waals surface area contributed by atoms with E-state index < -0.39 is 5.25 Å². The highest BCUT2D eigenvalue weighted by molar-refractivity contribution is 8.15. The predicted molar refractivity (Wildman–Crippen MR) is 99.2 cm³/mol. The number of hydrogen-bond acceptors (Lipinski definition) is 5. The van der Waals surface area contributed by atoms with Gasteiger partial charge in [0.1, 0.15) is 5.25 Å². The summed E-state index contributed by atoms with van der Waals surface area (Å²) in [4.78, 5) is 24.0. The Bertz CT molecular complexity index is 678. The average molecular weight is 346 g/mol. The fourth-order valence-electron chi connectivity index (χ4n) is 1.76. The van der Waals surface area contributed by atoms with Gasteiger partial charge in [0.15, 0.2) is 5.17 Å². The number of nitrogens with zero attached hydrogens (tertiary/aromatic N) is 2. The van der Waals surface area contributed by atoms with E-state index in [-0.39, 0.29) is 23.7 Å². The molecule has 1 aliphatic heterocycles. The molecule has 6 nitrogen and oxygen atoms in total. The molecule has 0 spiro atoms. The Kier molecular flexibility index (Phi) is 5.77. The molecule has 1 aliphatic rings. The van der Waals surface area contributed by atoms with Gasteiger partial charge in [-0.2, -0.15) is 5.10 Å². The summed E-state index contributed by atoms with van der Waals surface area (Å²) in [5.74, 6) is -0.421. The van der Waals surface area contributed by atoms with Crippen molar-refractivity contribution in [2.45, 2.75) is 39.4 Å². The van der Waals surface area contributed by atoms with Crippen LogP contribution in [0.2, 0.25) is 0 Å². The number of nitrogens with one attached hydrogen (secondary N) is 2. The average Bonchev–Trinajstić information content (AvgIpc) is 2.84. The van der Waals surface area contributed by atoms with Crippen LogP contribution in [0.15, 0.2) is 40.5 Å². The van der Waals surface area contributed by atoms with E-state index in [1.807, 2.05) is 45.9 Å². The standard InChI is InChI=1S/C17H22N4O2S/c1-11(17(2,3)4)20-21-16-19-15(23)13(24-16)10-14(22)18-12-8-6-5-7-9-12/h5-9,13H,10H2,1-4H3,(H,18,22)(H,19,21,23)/b20-11-/t13-/m1/s1. The van der Waals surface area contributed by atoms with Gasteiger partial charge in [-0.25, -0.2) is 0 Å². The summed E-state index contributed by atoms with van der Waals surface area (Å²) in [6.45, 7) is 8.03. The lowest BCUT2D eigenvalue weighted by atomic mass is 9.91. The second-order valence-electron chi connectivity index (χ2n) is 6.55. The molecule has 2 N–H and O–H groups in total. The molecular weight excluding hydrogens is 324 g/mol. The highest BCUT2D eigenvalue weighted by atomic mass is 32.2. The Labute approximate surface area is 146 Å². The Morgan fingerprint density at radius 3 is 2.58 bits per heavy atom. The van der Waals surface area contributed by atoms with Gasteiger partial charge < -0.3 is 10.6 Å². The number of benzene rings is 1. The molecule has 1 atom stereocenters. The Hall–Kier alpha value is -2.15. The van der Waals surface area contributed by atoms with Gasteiger partial charge in [0.05, 0.1) is 0 Å². The molecule has 2 amide bonds. The molecule has 1 heterocycles. The Morgan fingerprint density at radius 2 is 1.96 bits per heavy atom. The van der Waals surface area contributed by atoms with Crippen LogP contribution in [0.1, 0.15) is 34.1 Å². The molecule has 2 rings (SSSR count). The molecule has 24 heavy (non-hydrogen) atoms. The number of carbonyl (C=O) groups is 2. The van der Waals surface area contributed by atoms with Crippen LogP contribution in [-0.4, -0.2) is 27.9 Å². The Morgan fingerprint density at radius 1 is 1.29 bits per heavy atom. The van der Waals surface area contributed by atoms with E-state index in [4.69, 9.17) is 0 Å². The van der Waals surface area contributed by atoms with Gasteiger partial charge in [0.2, 0.25) is 11.8 Å². The van der Waals surface area contributed by atoms with E-state index in [2.05, 4.69) is 20.8 Å². The second kappa shape index (κ2) is 7.61. The lowest BCUT2D eigenvalue weighted by Crippen LogP contribution is -2.28. The first-order valence-corrected chi connectivity index (χ1v) is 8.59. The van der Waals surface area contributed by atoms with Crippen molar-refractivity contribution in [3.05, 3.63) is 30.3 Å². The van der Waals surface area contributed by atoms with Crippen LogP contribution in [-0.2, 0) is 9.59 Å². The van der Waals surface area contributed by atoms with Gasteiger partial charge in [-0.1, -0.05) is 50.7 Å². The van der Waals surface area contributed by atoms with Gasteiger partial charge in [-0.05, 0) is 19.1 Å². The number of carbonyl (C=O) groups excluding carboxylic acids is 2. The highest BCUT2D eigenvalue weighted by Crippen LogP contribution is 2.23. The molecule has 0 bridgehead atoms. The highest BCUT2D eigenvalue weighted by Gasteiger charge is 2.32. The number of amides is 2. The summed E-state index contributed by atoms with van der Waals surface area (Å²) in [6, 6.07) is 9.16. The lowest BCUT2D eigenvalue weighted by Gasteiger charge is -2.16. The van der Waals surface area contributed by atoms with Crippen LogP contribution in [0.5, 0.6) is 0 Å². The molecule has 1 aromatic carbocycles. The lowest BCUT2D eigenvalue weighted by molar-refractivity contribution is -0.122. The molecule has 128 valence electrons. The summed E-state index contributed by atoms with van der Waals surface area (Å²) in [7, 11) is 0. The molecular formula is C17H22N4O2S. The number of anilines is 1. The van der Waals surface area contributed by atoms with Crippen LogP contribution < -0.4 is 10.6 Å². The number of rotatable bonds is 4. The fourth-order valence-corrected chi connectivity index (χ4v) is 2.68. The van der Waals surface area contributed by atoms with Crippen LogP contribution >= 0.6 is 11.8 Å². The third kappa shape index (κ3) is 5.19. The molecule has 0 unspecified atom stereocenters. The molecule has 0 radical (unpaired) electrons. The zero-order valence-electron chi connectivity index (χ0n) is 14.3. The monoisotopic (exact) mass is 346 g/mol. The van der Waals surface area contributed by atoms with Crippen molar-refractivity contribution in [2.24, 2.45) is 15.6 Å². The minimum atomic E-state index is -0.488. The van der Waals surface area contributed by atoms with Crippen LogP contribution in [0.25, 0.3) is 0 Å². The van der Waals surface area contributed by atoms with Gasteiger partial charge in [0.25, 0.3) is 0 Å². The van der Waals surface area contributed by atoms with Gasteiger partial charge in [0, 0.05) is 23.2 Å². The molecule has 1 aromatic rings. The van der Waals surface area contributed by atoms with Crippen molar-refractivity contribution in [1.29, 1.82) is 0 Å². The van der Waals surface area contributed by atoms with Crippen LogP contribution in [0.3, 0.4) is 0 Å². The summed E-state index contributed by atoms with van der Waals surface area (Å²) in [5.41, 5.74) is 1.51. The molecule has 0 aromatic heterocycles. The van der Waals surface area contributed by atoms with E-state index in [0.29, 0.717) is 10.9 Å². The van der Waals surface area contributed by atoms with Crippen LogP contribution in [0.4, 0.5) is 5.69 Å². The van der Waals surface area contributed by atoms with Crippen molar-refractivity contribution in [3.8, 4) is 0 Å². The zero-order chi connectivity index (χ0) is 17.7. The fraction of sp³-hybridized carbons (Fsp3) is 0.412. The van der Waals surface area contributed by atoms with E-state index in [9.17, 15) is 9.59 Å². The summed E-state index contributed by atoms with van der Waals surface area (Å²) in [6.07, 6.45) is 0.0897. The van der Waals surface area contributed by atoms with E-state index in [0.717, 1.165) is 5.71 Å². The zero-order valence-corrected chi connectivity index (χ0v) is 15.1. The third-order valence-electron chi connectivity index (χ3n) is 3.58. The van der Waals surface area contributed by atoms with Crippen molar-refractivity contribution in [1.82, 2.24) is 5.32 Å². The molecule has 1 saturated heterocycles. The first-order valence-electron chi connectivity index (χ1n) is 7.71. The predicted octanol–water partition coefficient (Wildman–Crippen LogP) is 3.02. The van der Waals surface area contributed by atoms with Gasteiger partial charge >= 0.3 is 0 Å². The number of thioether (sulfide) groups is 1. The first-order chi connectivity index (χ1) is 11.3. The summed E-state index contributed by atoms with van der Waals surface area (Å²) < 4.78 is 0. The molecule has 0 saturated carbocycles. The number of amidine groups is 1. The van der Waals surface area contributed by atoms with Crippen molar-refractivity contribution >= 4 is 40.1 Å². The minimum Gasteiger partial charge on any atom is -0.326 e. The number of para-hydroxylation sites is 1. The van der Waals surface area contributed by atoms with Crippen LogP contribution in [0, 0.1) is 5.41 Å². The Balaban J connectivity index is 1.94. The van der Waals surface area contributed by atoms with Crippen molar-refractivity contribution < 1.29 is 9.59 Å². The largest absolute Gasteiger partial charge is 0.326 e. The second-order valence-corrected chi connectivity index (χ2v) is 7.75. The minimum absolute atomic E-state index is 0.0771. The summed E-state index contributed by atoms with van der Waals surface area (Å²) >= 11 is 1.23. The smallest absolute Gasteiger partial charge is 0.240 e. The molecule has 0 aliphatic carbocycles. The maximum atomic E-state index is 12.0. The maximum Gasteiger partial charge on any atom is 0.240 e. The normalized spacial score (nSPS) is 20.2. The SMILES string of the molecule is C/C(=N/N=C1\NC(=O)[C@@H](CC(=O)Nc2ccccc2)S1)C(C)(C)C. The van der Waals surface area contributed by atoms with Gasteiger partial charge in [-0.15, -0.1) is 5.10 Å². The van der Waals surface area contributed by atoms with Crippen molar-refractivity contribution in [3.63, 3.8) is 0 Å². The molecule has 1 fully saturated rings. The van der Waals surface area contributed by atoms with E-state index >= 15 is 0 Å².